The molecular weight excluding hydrogens is 288 g/mol. The number of hydrogen-bond donors (Lipinski definition) is 1. The highest BCUT2D eigenvalue weighted by Gasteiger charge is 2.26. The first kappa shape index (κ1) is 16.4. The molecule has 1 aromatic rings. The van der Waals surface area contributed by atoms with E-state index in [9.17, 15) is 0 Å². The van der Waals surface area contributed by atoms with Crippen molar-refractivity contribution in [1.29, 1.82) is 0 Å². The van der Waals surface area contributed by atoms with Crippen LogP contribution in [0.2, 0.25) is 0 Å². The molecule has 128 valence electrons. The van der Waals surface area contributed by atoms with E-state index in [1.807, 2.05) is 13.0 Å². The Morgan fingerprint density at radius 2 is 1.96 bits per heavy atom. The summed E-state index contributed by atoms with van der Waals surface area (Å²) in [6.07, 6.45) is 4.95. The van der Waals surface area contributed by atoms with Gasteiger partial charge in [-0.15, -0.1) is 0 Å². The lowest BCUT2D eigenvalue weighted by atomic mass is 10.00. The number of furan rings is 1. The first-order chi connectivity index (χ1) is 11.1. The number of nitrogens with two attached hydrogens (primary N) is 1. The summed E-state index contributed by atoms with van der Waals surface area (Å²) in [5.74, 6) is 3.49. The molecule has 0 spiro atoms. The van der Waals surface area contributed by atoms with Gasteiger partial charge in [0.05, 0.1) is 12.6 Å². The van der Waals surface area contributed by atoms with Crippen molar-refractivity contribution < 1.29 is 4.42 Å². The lowest BCUT2D eigenvalue weighted by molar-refractivity contribution is 0.218. The second-order valence-corrected chi connectivity index (χ2v) is 7.08. The fourth-order valence-electron chi connectivity index (χ4n) is 3.59. The number of hydrogen-bond acceptors (Lipinski definition) is 3. The maximum Gasteiger partial charge on any atom is 0.191 e. The van der Waals surface area contributed by atoms with Crippen LogP contribution in [0.15, 0.2) is 21.5 Å². The number of aryl methyl sites for hydroxylation is 1. The third-order valence-corrected chi connectivity index (χ3v) is 5.20. The van der Waals surface area contributed by atoms with Crippen molar-refractivity contribution in [2.24, 2.45) is 16.6 Å². The van der Waals surface area contributed by atoms with Crippen molar-refractivity contribution in [2.75, 3.05) is 32.7 Å². The van der Waals surface area contributed by atoms with Gasteiger partial charge in [0.15, 0.2) is 5.96 Å². The Hall–Kier alpha value is -1.49. The highest BCUT2D eigenvalue weighted by molar-refractivity contribution is 5.78. The minimum absolute atomic E-state index is 0.216. The molecular formula is C18H30N4O. The van der Waals surface area contributed by atoms with Crippen molar-refractivity contribution in [2.45, 2.75) is 45.6 Å². The zero-order valence-corrected chi connectivity index (χ0v) is 14.5. The minimum Gasteiger partial charge on any atom is -0.465 e. The van der Waals surface area contributed by atoms with Gasteiger partial charge < -0.3 is 15.1 Å². The molecule has 1 atom stereocenters. The van der Waals surface area contributed by atoms with Gasteiger partial charge in [0.25, 0.3) is 0 Å². The Morgan fingerprint density at radius 1 is 1.26 bits per heavy atom. The average molecular weight is 318 g/mol. The molecule has 5 heteroatoms. The van der Waals surface area contributed by atoms with Gasteiger partial charge in [-0.3, -0.25) is 9.89 Å². The molecule has 0 amide bonds. The molecule has 2 aliphatic rings. The van der Waals surface area contributed by atoms with E-state index in [0.717, 1.165) is 43.6 Å². The number of aliphatic imine (C=N–C) groups is 1. The van der Waals surface area contributed by atoms with Gasteiger partial charge in [0, 0.05) is 13.1 Å². The number of nitrogens with zero attached hydrogens (tertiary/aromatic N) is 3. The quantitative estimate of drug-likeness (QED) is 0.685. The van der Waals surface area contributed by atoms with Gasteiger partial charge >= 0.3 is 0 Å². The fraction of sp³-hybridized carbons (Fsp3) is 0.722. The molecule has 0 radical (unpaired) electrons. The molecule has 0 bridgehead atoms. The zero-order chi connectivity index (χ0) is 16.2. The molecule has 1 aromatic heterocycles. The standard InChI is InChI=1S/C18H30N4O/c1-14-7-11-22(12-8-14)18(19)20-13-16(21-9-3-4-10-21)17-6-5-15(2)23-17/h5-6,14,16H,3-4,7-13H2,1-2H3,(H2,19,20). The van der Waals surface area contributed by atoms with Crippen LogP contribution < -0.4 is 5.73 Å². The van der Waals surface area contributed by atoms with Crippen molar-refractivity contribution in [3.63, 3.8) is 0 Å². The van der Waals surface area contributed by atoms with Crippen LogP contribution in [0.5, 0.6) is 0 Å². The Morgan fingerprint density at radius 3 is 2.57 bits per heavy atom. The van der Waals surface area contributed by atoms with Crippen LogP contribution in [0.3, 0.4) is 0 Å². The molecule has 2 fully saturated rings. The van der Waals surface area contributed by atoms with Crippen LogP contribution >= 0.6 is 0 Å². The van der Waals surface area contributed by atoms with E-state index in [1.54, 1.807) is 0 Å². The van der Waals surface area contributed by atoms with E-state index in [0.29, 0.717) is 12.5 Å². The third kappa shape index (κ3) is 4.08. The van der Waals surface area contributed by atoms with Gasteiger partial charge in [-0.05, 0) is 63.7 Å². The summed E-state index contributed by atoms with van der Waals surface area (Å²) in [4.78, 5) is 9.43. The average Bonchev–Trinajstić information content (AvgIpc) is 3.20. The second-order valence-electron chi connectivity index (χ2n) is 7.08. The summed E-state index contributed by atoms with van der Waals surface area (Å²) >= 11 is 0. The fourth-order valence-corrected chi connectivity index (χ4v) is 3.59. The third-order valence-electron chi connectivity index (χ3n) is 5.20. The molecule has 0 aromatic carbocycles. The Balaban J connectivity index is 1.67. The SMILES string of the molecule is Cc1ccc(C(CN=C(N)N2CCC(C)CC2)N2CCCC2)o1. The number of guanidine groups is 1. The molecule has 3 heterocycles. The summed E-state index contributed by atoms with van der Waals surface area (Å²) in [5.41, 5.74) is 6.25. The summed E-state index contributed by atoms with van der Waals surface area (Å²) < 4.78 is 5.88. The van der Waals surface area contributed by atoms with Crippen LogP contribution in [-0.4, -0.2) is 48.5 Å². The number of likely N-dealkylation sites (tertiary alicyclic amines) is 2. The van der Waals surface area contributed by atoms with Crippen molar-refractivity contribution in [1.82, 2.24) is 9.80 Å². The van der Waals surface area contributed by atoms with Crippen molar-refractivity contribution >= 4 is 5.96 Å². The highest BCUT2D eigenvalue weighted by atomic mass is 16.3. The van der Waals surface area contributed by atoms with Gasteiger partial charge in [-0.25, -0.2) is 0 Å². The molecule has 23 heavy (non-hydrogen) atoms. The lowest BCUT2D eigenvalue weighted by Crippen LogP contribution is -2.43. The van der Waals surface area contributed by atoms with Crippen LogP contribution in [0.1, 0.15) is 50.2 Å². The van der Waals surface area contributed by atoms with Crippen LogP contribution in [-0.2, 0) is 0 Å². The van der Waals surface area contributed by atoms with E-state index >= 15 is 0 Å². The first-order valence-corrected chi connectivity index (χ1v) is 8.98. The van der Waals surface area contributed by atoms with Crippen LogP contribution in [0.25, 0.3) is 0 Å². The van der Waals surface area contributed by atoms with Crippen LogP contribution in [0, 0.1) is 12.8 Å². The minimum atomic E-state index is 0.216. The number of rotatable bonds is 4. The largest absolute Gasteiger partial charge is 0.465 e. The molecule has 3 rings (SSSR count). The molecule has 2 saturated heterocycles. The zero-order valence-electron chi connectivity index (χ0n) is 14.5. The van der Waals surface area contributed by atoms with Gasteiger partial charge in [-0.2, -0.15) is 0 Å². The van der Waals surface area contributed by atoms with Crippen molar-refractivity contribution in [3.8, 4) is 0 Å². The maximum absolute atomic E-state index is 6.25. The summed E-state index contributed by atoms with van der Waals surface area (Å²) in [6.45, 7) is 9.31. The molecule has 0 saturated carbocycles. The van der Waals surface area contributed by atoms with E-state index in [2.05, 4.69) is 22.8 Å². The Bertz CT molecular complexity index is 525. The van der Waals surface area contributed by atoms with E-state index in [-0.39, 0.29) is 6.04 Å². The smallest absolute Gasteiger partial charge is 0.191 e. The maximum atomic E-state index is 6.25. The summed E-state index contributed by atoms with van der Waals surface area (Å²) in [6, 6.07) is 4.35. The molecule has 0 aliphatic carbocycles. The highest BCUT2D eigenvalue weighted by Crippen LogP contribution is 2.27. The predicted octanol–water partition coefficient (Wildman–Crippen LogP) is 2.77. The van der Waals surface area contributed by atoms with Gasteiger partial charge in [0.1, 0.15) is 11.5 Å². The van der Waals surface area contributed by atoms with Crippen LogP contribution in [0.4, 0.5) is 0 Å². The van der Waals surface area contributed by atoms with E-state index in [4.69, 9.17) is 15.1 Å². The Labute approximate surface area is 139 Å². The van der Waals surface area contributed by atoms with Crippen molar-refractivity contribution in [3.05, 3.63) is 23.7 Å². The topological polar surface area (TPSA) is 58.0 Å². The normalized spacial score (nSPS) is 22.7. The predicted molar refractivity (Wildman–Crippen MR) is 93.5 cm³/mol. The number of piperidine rings is 1. The molecule has 5 nitrogen and oxygen atoms in total. The van der Waals surface area contributed by atoms with Gasteiger partial charge in [0.2, 0.25) is 0 Å². The second kappa shape index (κ2) is 7.39. The van der Waals surface area contributed by atoms with Gasteiger partial charge in [-0.1, -0.05) is 6.92 Å². The monoisotopic (exact) mass is 318 g/mol. The Kier molecular flexibility index (Phi) is 5.26. The molecule has 1 unspecified atom stereocenters. The molecule has 2 aliphatic heterocycles. The summed E-state index contributed by atoms with van der Waals surface area (Å²) in [5, 5.41) is 0. The summed E-state index contributed by atoms with van der Waals surface area (Å²) in [7, 11) is 0. The lowest BCUT2D eigenvalue weighted by Gasteiger charge is -2.31. The van der Waals surface area contributed by atoms with E-state index in [1.165, 1.54) is 25.7 Å². The molecule has 2 N–H and O–H groups in total. The first-order valence-electron chi connectivity index (χ1n) is 8.98. The van der Waals surface area contributed by atoms with E-state index < -0.39 is 0 Å².